The lowest BCUT2D eigenvalue weighted by Crippen LogP contribution is -2.31. The first-order valence-electron chi connectivity index (χ1n) is 5.16. The van der Waals surface area contributed by atoms with E-state index >= 15 is 0 Å². The molecule has 1 aromatic heterocycles. The number of primary amides is 1. The molecule has 84 valence electrons. The Hall–Kier alpha value is -1.97. The van der Waals surface area contributed by atoms with Gasteiger partial charge in [-0.25, -0.2) is 4.79 Å². The lowest BCUT2D eigenvalue weighted by atomic mass is 10.1. The van der Waals surface area contributed by atoms with Gasteiger partial charge in [0, 0.05) is 30.2 Å². The molecule has 4 nitrogen and oxygen atoms in total. The molecule has 0 aliphatic heterocycles. The number of para-hydroxylation sites is 1. The van der Waals surface area contributed by atoms with Gasteiger partial charge in [0.25, 0.3) is 0 Å². The van der Waals surface area contributed by atoms with Gasteiger partial charge in [-0.3, -0.25) is 0 Å². The highest BCUT2D eigenvalue weighted by atomic mass is 16.2. The molecule has 2 amide bonds. The second-order valence-corrected chi connectivity index (χ2v) is 3.97. The molecule has 3 N–H and O–H groups in total. The van der Waals surface area contributed by atoms with Crippen LogP contribution in [-0.4, -0.2) is 23.0 Å². The predicted octanol–water partition coefficient (Wildman–Crippen LogP) is 1.99. The Balaban J connectivity index is 2.43. The second kappa shape index (κ2) is 3.89. The molecule has 2 rings (SSSR count). The van der Waals surface area contributed by atoms with E-state index in [1.807, 2.05) is 31.2 Å². The zero-order valence-electron chi connectivity index (χ0n) is 9.45. The van der Waals surface area contributed by atoms with Crippen molar-refractivity contribution in [3.63, 3.8) is 0 Å². The third-order valence-corrected chi connectivity index (χ3v) is 2.80. The molecule has 0 saturated carbocycles. The molecule has 0 atom stereocenters. The van der Waals surface area contributed by atoms with Crippen LogP contribution in [0.15, 0.2) is 24.3 Å². The first kappa shape index (κ1) is 10.5. The number of nitrogens with two attached hydrogens (primary N) is 1. The number of amides is 2. The number of carbonyl (C=O) groups is 1. The van der Waals surface area contributed by atoms with Crippen LogP contribution < -0.4 is 5.73 Å². The van der Waals surface area contributed by atoms with E-state index in [4.69, 9.17) is 5.73 Å². The molecule has 2 aromatic rings. The van der Waals surface area contributed by atoms with Crippen molar-refractivity contribution < 1.29 is 4.79 Å². The Labute approximate surface area is 94.0 Å². The number of benzene rings is 1. The summed E-state index contributed by atoms with van der Waals surface area (Å²) in [5.74, 6) is 0. The quantitative estimate of drug-likeness (QED) is 0.793. The van der Waals surface area contributed by atoms with Crippen molar-refractivity contribution in [2.75, 3.05) is 7.05 Å². The van der Waals surface area contributed by atoms with Gasteiger partial charge in [0.05, 0.1) is 0 Å². The lowest BCUT2D eigenvalue weighted by Gasteiger charge is -2.14. The molecule has 0 saturated heterocycles. The number of fused-ring (bicyclic) bond motifs is 1. The van der Waals surface area contributed by atoms with Gasteiger partial charge in [0.1, 0.15) is 0 Å². The van der Waals surface area contributed by atoms with Gasteiger partial charge in [-0.15, -0.1) is 0 Å². The Morgan fingerprint density at radius 1 is 1.44 bits per heavy atom. The zero-order valence-corrected chi connectivity index (χ0v) is 9.45. The summed E-state index contributed by atoms with van der Waals surface area (Å²) in [5, 5.41) is 1.15. The van der Waals surface area contributed by atoms with Crippen molar-refractivity contribution in [2.24, 2.45) is 5.73 Å². The van der Waals surface area contributed by atoms with E-state index < -0.39 is 6.03 Å². The van der Waals surface area contributed by atoms with Crippen LogP contribution >= 0.6 is 0 Å². The lowest BCUT2D eigenvalue weighted by molar-refractivity contribution is 0.217. The first-order chi connectivity index (χ1) is 7.59. The molecular weight excluding hydrogens is 202 g/mol. The summed E-state index contributed by atoms with van der Waals surface area (Å²) in [6, 6.07) is 7.63. The van der Waals surface area contributed by atoms with Crippen LogP contribution in [0.1, 0.15) is 11.3 Å². The van der Waals surface area contributed by atoms with E-state index in [1.165, 1.54) is 4.90 Å². The van der Waals surface area contributed by atoms with Gasteiger partial charge >= 0.3 is 6.03 Å². The number of hydrogen-bond acceptors (Lipinski definition) is 1. The van der Waals surface area contributed by atoms with Crippen LogP contribution in [0.3, 0.4) is 0 Å². The van der Waals surface area contributed by atoms with E-state index in [1.54, 1.807) is 7.05 Å². The SMILES string of the molecule is Cc1[nH]c2ccccc2c1CN(C)C(N)=O. The predicted molar refractivity (Wildman–Crippen MR) is 64.1 cm³/mol. The van der Waals surface area contributed by atoms with Gasteiger partial charge in [-0.1, -0.05) is 18.2 Å². The van der Waals surface area contributed by atoms with Crippen LogP contribution in [0.4, 0.5) is 4.79 Å². The fourth-order valence-electron chi connectivity index (χ4n) is 1.85. The average molecular weight is 217 g/mol. The van der Waals surface area contributed by atoms with Gasteiger partial charge in [-0.2, -0.15) is 0 Å². The minimum atomic E-state index is -0.412. The summed E-state index contributed by atoms with van der Waals surface area (Å²) in [7, 11) is 1.70. The molecule has 1 aromatic carbocycles. The Morgan fingerprint density at radius 3 is 2.81 bits per heavy atom. The third kappa shape index (κ3) is 1.74. The summed E-state index contributed by atoms with van der Waals surface area (Å²) in [6.07, 6.45) is 0. The molecule has 16 heavy (non-hydrogen) atoms. The minimum absolute atomic E-state index is 0.412. The van der Waals surface area contributed by atoms with Crippen LogP contribution in [-0.2, 0) is 6.54 Å². The molecule has 0 unspecified atom stereocenters. The fraction of sp³-hybridized carbons (Fsp3) is 0.250. The maximum atomic E-state index is 11.0. The molecule has 1 heterocycles. The minimum Gasteiger partial charge on any atom is -0.358 e. The topological polar surface area (TPSA) is 62.1 Å². The Kier molecular flexibility index (Phi) is 2.56. The monoisotopic (exact) mass is 217 g/mol. The van der Waals surface area contributed by atoms with Crippen LogP contribution in [0, 0.1) is 6.92 Å². The second-order valence-electron chi connectivity index (χ2n) is 3.97. The Morgan fingerprint density at radius 2 is 2.12 bits per heavy atom. The van der Waals surface area contributed by atoms with Crippen molar-refractivity contribution >= 4 is 16.9 Å². The molecule has 0 fully saturated rings. The van der Waals surface area contributed by atoms with E-state index in [0.717, 1.165) is 22.2 Å². The van der Waals surface area contributed by atoms with E-state index in [9.17, 15) is 4.79 Å². The normalized spacial score (nSPS) is 10.6. The highest BCUT2D eigenvalue weighted by Crippen LogP contribution is 2.22. The maximum Gasteiger partial charge on any atom is 0.314 e. The summed E-state index contributed by atoms with van der Waals surface area (Å²) in [6.45, 7) is 2.54. The van der Waals surface area contributed by atoms with Gasteiger partial charge < -0.3 is 15.6 Å². The third-order valence-electron chi connectivity index (χ3n) is 2.80. The number of urea groups is 1. The molecule has 4 heteroatoms. The number of rotatable bonds is 2. The highest BCUT2D eigenvalue weighted by Gasteiger charge is 2.11. The number of nitrogens with zero attached hydrogens (tertiary/aromatic N) is 1. The number of aromatic nitrogens is 1. The summed E-state index contributed by atoms with van der Waals surface area (Å²) < 4.78 is 0. The summed E-state index contributed by atoms with van der Waals surface area (Å²) >= 11 is 0. The van der Waals surface area contributed by atoms with Crippen molar-refractivity contribution in [2.45, 2.75) is 13.5 Å². The zero-order chi connectivity index (χ0) is 11.7. The van der Waals surface area contributed by atoms with Crippen molar-refractivity contribution in [1.29, 1.82) is 0 Å². The standard InChI is InChI=1S/C12H15N3O/c1-8-10(7-15(2)12(13)16)9-5-3-4-6-11(9)14-8/h3-6,14H,7H2,1-2H3,(H2,13,16). The van der Waals surface area contributed by atoms with Crippen molar-refractivity contribution in [3.8, 4) is 0 Å². The number of H-pyrrole nitrogens is 1. The molecule has 0 spiro atoms. The summed E-state index contributed by atoms with van der Waals surface area (Å²) in [5.41, 5.74) is 8.51. The van der Waals surface area contributed by atoms with Crippen LogP contribution in [0.5, 0.6) is 0 Å². The van der Waals surface area contributed by atoms with Crippen LogP contribution in [0.2, 0.25) is 0 Å². The number of nitrogens with one attached hydrogen (secondary N) is 1. The molecule has 0 aliphatic carbocycles. The van der Waals surface area contributed by atoms with Gasteiger partial charge in [0.15, 0.2) is 0 Å². The van der Waals surface area contributed by atoms with E-state index in [-0.39, 0.29) is 0 Å². The average Bonchev–Trinajstić information content (AvgIpc) is 2.55. The fourth-order valence-corrected chi connectivity index (χ4v) is 1.85. The highest BCUT2D eigenvalue weighted by molar-refractivity contribution is 5.85. The number of aryl methyl sites for hydroxylation is 1. The number of aromatic amines is 1. The van der Waals surface area contributed by atoms with Gasteiger partial charge in [0.2, 0.25) is 0 Å². The van der Waals surface area contributed by atoms with E-state index in [0.29, 0.717) is 6.54 Å². The van der Waals surface area contributed by atoms with E-state index in [2.05, 4.69) is 4.98 Å². The number of hydrogen-bond donors (Lipinski definition) is 2. The molecule has 0 aliphatic rings. The van der Waals surface area contributed by atoms with Crippen molar-refractivity contribution in [3.05, 3.63) is 35.5 Å². The largest absolute Gasteiger partial charge is 0.358 e. The first-order valence-corrected chi connectivity index (χ1v) is 5.16. The van der Waals surface area contributed by atoms with Gasteiger partial charge in [-0.05, 0) is 18.6 Å². The smallest absolute Gasteiger partial charge is 0.314 e. The van der Waals surface area contributed by atoms with Crippen molar-refractivity contribution in [1.82, 2.24) is 9.88 Å². The Bertz CT molecular complexity index is 530. The molecular formula is C12H15N3O. The maximum absolute atomic E-state index is 11.0. The summed E-state index contributed by atoms with van der Waals surface area (Å²) in [4.78, 5) is 15.8. The molecule has 0 radical (unpaired) electrons. The van der Waals surface area contributed by atoms with Crippen LogP contribution in [0.25, 0.3) is 10.9 Å². The molecule has 0 bridgehead atoms. The number of carbonyl (C=O) groups excluding carboxylic acids is 1.